The lowest BCUT2D eigenvalue weighted by molar-refractivity contribution is 0.0691. The number of carboxylic acids is 1. The minimum Gasteiger partial charge on any atom is -0.477 e. The van der Waals surface area contributed by atoms with Crippen LogP contribution in [-0.4, -0.2) is 57.6 Å². The molecule has 35 heavy (non-hydrogen) atoms. The summed E-state index contributed by atoms with van der Waals surface area (Å²) in [5.74, 6) is -0.00927. The molecule has 1 saturated carbocycles. The molecule has 0 amide bonds. The van der Waals surface area contributed by atoms with Crippen LogP contribution >= 0.6 is 0 Å². The summed E-state index contributed by atoms with van der Waals surface area (Å²) >= 11 is 0. The molecule has 1 fully saturated rings. The van der Waals surface area contributed by atoms with Gasteiger partial charge in [0.05, 0.1) is 29.8 Å². The van der Waals surface area contributed by atoms with Crippen molar-refractivity contribution in [1.82, 2.24) is 19.7 Å². The molecule has 0 radical (unpaired) electrons. The van der Waals surface area contributed by atoms with Crippen LogP contribution in [0.2, 0.25) is 0 Å². The van der Waals surface area contributed by atoms with Crippen LogP contribution in [0, 0.1) is 0 Å². The van der Waals surface area contributed by atoms with E-state index in [4.69, 9.17) is 14.8 Å². The van der Waals surface area contributed by atoms with Gasteiger partial charge in [-0.3, -0.25) is 0 Å². The molecule has 0 aliphatic heterocycles. The Hall–Kier alpha value is -3.00. The fraction of sp³-hybridized carbons (Fsp3) is 0.556. The fourth-order valence-electron chi connectivity index (χ4n) is 5.12. The maximum atomic E-state index is 12.0. The number of hydrogen-bond acceptors (Lipinski definition) is 6. The van der Waals surface area contributed by atoms with Crippen molar-refractivity contribution in [2.75, 3.05) is 25.7 Å². The normalized spacial score (nSPS) is 15.6. The van der Waals surface area contributed by atoms with E-state index in [0.717, 1.165) is 60.1 Å². The van der Waals surface area contributed by atoms with Gasteiger partial charge in [0.25, 0.3) is 0 Å². The first-order valence-corrected chi connectivity index (χ1v) is 12.7. The Morgan fingerprint density at radius 2 is 2.00 bits per heavy atom. The molecule has 1 N–H and O–H groups in total. The van der Waals surface area contributed by atoms with Crippen LogP contribution in [0.4, 0.5) is 5.82 Å². The lowest BCUT2D eigenvalue weighted by Crippen LogP contribution is -2.35. The van der Waals surface area contributed by atoms with E-state index in [1.807, 2.05) is 30.1 Å². The Morgan fingerprint density at radius 3 is 2.57 bits per heavy atom. The zero-order chi connectivity index (χ0) is 25.1. The largest absolute Gasteiger partial charge is 0.477 e. The summed E-state index contributed by atoms with van der Waals surface area (Å²) in [6.07, 6.45) is 8.43. The van der Waals surface area contributed by atoms with Crippen molar-refractivity contribution in [3.05, 3.63) is 35.8 Å². The number of ether oxygens (including phenoxy) is 1. The Balaban J connectivity index is 1.85. The molecule has 0 saturated heterocycles. The summed E-state index contributed by atoms with van der Waals surface area (Å²) in [5, 5.41) is 15.8. The van der Waals surface area contributed by atoms with Crippen molar-refractivity contribution in [2.45, 2.75) is 77.3 Å². The van der Waals surface area contributed by atoms with Crippen LogP contribution in [0.5, 0.6) is 0 Å². The second-order valence-electron chi connectivity index (χ2n) is 9.87. The zero-order valence-corrected chi connectivity index (χ0v) is 21.5. The highest BCUT2D eigenvalue weighted by Crippen LogP contribution is 2.38. The number of pyridine rings is 2. The Kier molecular flexibility index (Phi) is 7.69. The minimum absolute atomic E-state index is 0.0344. The number of methoxy groups -OCH3 is 1. The van der Waals surface area contributed by atoms with Crippen LogP contribution in [-0.2, 0) is 4.74 Å². The lowest BCUT2D eigenvalue weighted by Gasteiger charge is -2.27. The minimum atomic E-state index is -1.04. The highest BCUT2D eigenvalue weighted by Gasteiger charge is 2.26. The predicted molar refractivity (Wildman–Crippen MR) is 138 cm³/mol. The number of nitrogens with zero attached hydrogens (tertiary/aromatic N) is 5. The molecule has 3 heterocycles. The summed E-state index contributed by atoms with van der Waals surface area (Å²) in [6, 6.07) is 6.15. The van der Waals surface area contributed by atoms with Crippen molar-refractivity contribution in [3.8, 4) is 11.1 Å². The number of likely N-dealkylation sites (N-methyl/N-ethyl adjacent to an activating group) is 1. The molecule has 1 unspecified atom stereocenters. The fourth-order valence-corrected chi connectivity index (χ4v) is 5.12. The van der Waals surface area contributed by atoms with Gasteiger partial charge in [0.2, 0.25) is 0 Å². The van der Waals surface area contributed by atoms with E-state index in [1.54, 1.807) is 13.2 Å². The average molecular weight is 480 g/mol. The molecule has 1 aliphatic carbocycles. The first-order chi connectivity index (χ1) is 16.8. The van der Waals surface area contributed by atoms with Gasteiger partial charge >= 0.3 is 5.97 Å². The van der Waals surface area contributed by atoms with Gasteiger partial charge in [0.1, 0.15) is 5.82 Å². The lowest BCUT2D eigenvalue weighted by atomic mass is 9.95. The number of rotatable bonds is 9. The van der Waals surface area contributed by atoms with Crippen LogP contribution in [0.15, 0.2) is 24.4 Å². The van der Waals surface area contributed by atoms with E-state index < -0.39 is 5.97 Å². The standard InChI is InChI=1S/C27H37N5O3/c1-6-19(16-35-5)31(4)23-13-12-18(15-28-23)21-14-22(27(33)34)29-26-24(21)25(17(2)3)30-32(26)20-10-8-7-9-11-20/h12-15,17,19-20H,6-11,16H2,1-5H3,(H,33,34). The van der Waals surface area contributed by atoms with Crippen LogP contribution in [0.3, 0.4) is 0 Å². The molecule has 188 valence electrons. The quantitative estimate of drug-likeness (QED) is 0.422. The van der Waals surface area contributed by atoms with Crippen LogP contribution < -0.4 is 4.90 Å². The third-order valence-corrected chi connectivity index (χ3v) is 7.17. The van der Waals surface area contributed by atoms with Crippen molar-refractivity contribution >= 4 is 22.8 Å². The Morgan fingerprint density at radius 1 is 1.26 bits per heavy atom. The first-order valence-electron chi connectivity index (χ1n) is 12.7. The van der Waals surface area contributed by atoms with Gasteiger partial charge in [-0.25, -0.2) is 19.4 Å². The van der Waals surface area contributed by atoms with E-state index in [-0.39, 0.29) is 23.7 Å². The third kappa shape index (κ3) is 5.03. The van der Waals surface area contributed by atoms with Gasteiger partial charge in [-0.15, -0.1) is 0 Å². The second-order valence-corrected chi connectivity index (χ2v) is 9.87. The SMILES string of the molecule is CCC(COC)N(C)c1ccc(-c2cc(C(=O)O)nc3c2c(C(C)C)nn3C2CCCCC2)cn1. The second kappa shape index (κ2) is 10.7. The summed E-state index contributed by atoms with van der Waals surface area (Å²) in [5.41, 5.74) is 3.35. The van der Waals surface area contributed by atoms with Crippen molar-refractivity contribution in [2.24, 2.45) is 0 Å². The topological polar surface area (TPSA) is 93.4 Å². The molecule has 1 aliphatic rings. The maximum absolute atomic E-state index is 12.0. The van der Waals surface area contributed by atoms with Crippen molar-refractivity contribution in [3.63, 3.8) is 0 Å². The molecule has 8 heteroatoms. The number of anilines is 1. The van der Waals surface area contributed by atoms with Crippen LogP contribution in [0.25, 0.3) is 22.2 Å². The molecular weight excluding hydrogens is 442 g/mol. The van der Waals surface area contributed by atoms with E-state index in [1.165, 1.54) is 6.42 Å². The molecule has 0 bridgehead atoms. The molecule has 0 spiro atoms. The monoisotopic (exact) mass is 479 g/mol. The van der Waals surface area contributed by atoms with E-state index >= 15 is 0 Å². The molecule has 0 aromatic carbocycles. The Bertz CT molecular complexity index is 1170. The summed E-state index contributed by atoms with van der Waals surface area (Å²) in [4.78, 5) is 23.5. The molecule has 1 atom stereocenters. The van der Waals surface area contributed by atoms with Crippen LogP contribution in [0.1, 0.15) is 87.4 Å². The number of aromatic nitrogens is 4. The first kappa shape index (κ1) is 25.1. The van der Waals surface area contributed by atoms with Gasteiger partial charge in [-0.2, -0.15) is 5.10 Å². The highest BCUT2D eigenvalue weighted by atomic mass is 16.5. The number of aromatic carboxylic acids is 1. The zero-order valence-electron chi connectivity index (χ0n) is 21.5. The number of fused-ring (bicyclic) bond motifs is 1. The molecule has 3 aromatic rings. The maximum Gasteiger partial charge on any atom is 0.354 e. The molecule has 8 nitrogen and oxygen atoms in total. The highest BCUT2D eigenvalue weighted by molar-refractivity contribution is 5.99. The van der Waals surface area contributed by atoms with Gasteiger partial charge < -0.3 is 14.7 Å². The van der Waals surface area contributed by atoms with Crippen molar-refractivity contribution < 1.29 is 14.6 Å². The smallest absolute Gasteiger partial charge is 0.354 e. The van der Waals surface area contributed by atoms with E-state index in [0.29, 0.717) is 12.3 Å². The summed E-state index contributed by atoms with van der Waals surface area (Å²) in [6.45, 7) is 7.01. The summed E-state index contributed by atoms with van der Waals surface area (Å²) in [7, 11) is 3.73. The number of carbonyl (C=O) groups is 1. The number of hydrogen-bond donors (Lipinski definition) is 1. The van der Waals surface area contributed by atoms with E-state index in [2.05, 4.69) is 30.7 Å². The van der Waals surface area contributed by atoms with Gasteiger partial charge in [-0.05, 0) is 48.9 Å². The number of carboxylic acid groups (broad SMARTS) is 1. The molecule has 4 rings (SSSR count). The summed E-state index contributed by atoms with van der Waals surface area (Å²) < 4.78 is 7.37. The van der Waals surface area contributed by atoms with E-state index in [9.17, 15) is 9.90 Å². The van der Waals surface area contributed by atoms with Gasteiger partial charge in [0.15, 0.2) is 11.3 Å². The van der Waals surface area contributed by atoms with Gasteiger partial charge in [-0.1, -0.05) is 40.0 Å². The third-order valence-electron chi connectivity index (χ3n) is 7.17. The predicted octanol–water partition coefficient (Wildman–Crippen LogP) is 5.68. The Labute approximate surface area is 207 Å². The molecule has 3 aromatic heterocycles. The van der Waals surface area contributed by atoms with Gasteiger partial charge in [0, 0.05) is 25.9 Å². The van der Waals surface area contributed by atoms with Crippen molar-refractivity contribution in [1.29, 1.82) is 0 Å². The average Bonchev–Trinajstić information content (AvgIpc) is 3.27. The molecular formula is C27H37N5O3.